The second-order valence-corrected chi connectivity index (χ2v) is 7.19. The van der Waals surface area contributed by atoms with Crippen LogP contribution in [0.2, 0.25) is 10.0 Å². The van der Waals surface area contributed by atoms with E-state index in [-0.39, 0.29) is 24.5 Å². The number of halogens is 3. The van der Waals surface area contributed by atoms with Gasteiger partial charge in [0.05, 0.1) is 34.3 Å². The van der Waals surface area contributed by atoms with Gasteiger partial charge in [0.1, 0.15) is 5.75 Å². The maximum atomic E-state index is 13.2. The van der Waals surface area contributed by atoms with Gasteiger partial charge in [0.15, 0.2) is 0 Å². The first-order chi connectivity index (χ1) is 13.1. The molecule has 0 aliphatic heterocycles. The number of rotatable bonds is 7. The van der Waals surface area contributed by atoms with Crippen LogP contribution in [-0.4, -0.2) is 11.2 Å². The number of benzene rings is 2. The van der Waals surface area contributed by atoms with Crippen LogP contribution in [0, 0.1) is 0 Å². The summed E-state index contributed by atoms with van der Waals surface area (Å²) in [5, 5.41) is 1.85. The molecule has 4 nitrogen and oxygen atoms in total. The fraction of sp³-hybridized carbons (Fsp3) is 0.286. The van der Waals surface area contributed by atoms with E-state index in [0.717, 1.165) is 18.4 Å². The molecule has 150 valence electrons. The Morgan fingerprint density at radius 1 is 1.07 bits per heavy atom. The molecule has 0 fully saturated rings. The zero-order chi connectivity index (χ0) is 19.4. The van der Waals surface area contributed by atoms with Gasteiger partial charge in [-0.25, -0.2) is 0 Å². The minimum Gasteiger partial charge on any atom is -0.491 e. The molecule has 0 radical (unpaired) electrons. The second kappa shape index (κ2) is 10.2. The molecule has 0 saturated heterocycles. The smallest absolute Gasteiger partial charge is 0.259 e. The number of fused-ring (bicyclic) bond motifs is 1. The zero-order valence-electron chi connectivity index (χ0n) is 15.6. The number of nitrogens with two attached hydrogens (primary N) is 1. The van der Waals surface area contributed by atoms with Crippen molar-refractivity contribution in [2.45, 2.75) is 32.9 Å². The molecule has 0 aliphatic carbocycles. The van der Waals surface area contributed by atoms with Crippen molar-refractivity contribution in [2.24, 2.45) is 5.73 Å². The third-order valence-electron chi connectivity index (χ3n) is 4.49. The number of unbranched alkanes of at least 4 members (excludes halogenated alkanes) is 1. The Balaban J connectivity index is 0.00000280. The highest BCUT2D eigenvalue weighted by Crippen LogP contribution is 2.34. The van der Waals surface area contributed by atoms with Crippen LogP contribution < -0.4 is 16.0 Å². The van der Waals surface area contributed by atoms with E-state index in [1.807, 2.05) is 30.3 Å². The quantitative estimate of drug-likeness (QED) is 0.498. The van der Waals surface area contributed by atoms with Gasteiger partial charge in [-0.05, 0) is 24.1 Å². The Morgan fingerprint density at radius 2 is 1.71 bits per heavy atom. The SMILES string of the molecule is CCCCOc1c(CN)n(Cc2ccccc2)c(=O)c2cc(Cl)c(Cl)cc12.Cl. The zero-order valence-corrected chi connectivity index (χ0v) is 17.9. The highest BCUT2D eigenvalue weighted by molar-refractivity contribution is 6.42. The van der Waals surface area contributed by atoms with Crippen LogP contribution in [0.1, 0.15) is 31.0 Å². The predicted octanol–water partition coefficient (Wildman–Crippen LogP) is 5.42. The summed E-state index contributed by atoms with van der Waals surface area (Å²) < 4.78 is 7.74. The number of hydrogen-bond acceptors (Lipinski definition) is 3. The number of nitrogens with zero attached hydrogens (tertiary/aromatic N) is 1. The van der Waals surface area contributed by atoms with Crippen molar-refractivity contribution in [1.29, 1.82) is 0 Å². The fourth-order valence-corrected chi connectivity index (χ4v) is 3.40. The van der Waals surface area contributed by atoms with E-state index in [2.05, 4.69) is 6.92 Å². The van der Waals surface area contributed by atoms with Crippen molar-refractivity contribution in [3.8, 4) is 5.75 Å². The van der Waals surface area contributed by atoms with Crippen molar-refractivity contribution < 1.29 is 4.74 Å². The normalized spacial score (nSPS) is 10.7. The van der Waals surface area contributed by atoms with Gasteiger partial charge in [0.25, 0.3) is 5.56 Å². The van der Waals surface area contributed by atoms with Crippen molar-refractivity contribution >= 4 is 46.4 Å². The van der Waals surface area contributed by atoms with Crippen LogP contribution in [0.15, 0.2) is 47.3 Å². The molecule has 0 aliphatic rings. The number of aromatic nitrogens is 1. The van der Waals surface area contributed by atoms with E-state index in [4.69, 9.17) is 33.7 Å². The average molecular weight is 442 g/mol. The van der Waals surface area contributed by atoms with Gasteiger partial charge in [-0.3, -0.25) is 4.79 Å². The van der Waals surface area contributed by atoms with Gasteiger partial charge >= 0.3 is 0 Å². The molecule has 1 aromatic heterocycles. The summed E-state index contributed by atoms with van der Waals surface area (Å²) in [5.41, 5.74) is 7.55. The predicted molar refractivity (Wildman–Crippen MR) is 119 cm³/mol. The van der Waals surface area contributed by atoms with E-state index in [1.54, 1.807) is 16.7 Å². The van der Waals surface area contributed by atoms with Crippen LogP contribution in [0.3, 0.4) is 0 Å². The first-order valence-corrected chi connectivity index (χ1v) is 9.73. The molecular weight excluding hydrogens is 419 g/mol. The van der Waals surface area contributed by atoms with Crippen LogP contribution in [0.25, 0.3) is 10.8 Å². The number of hydrogen-bond donors (Lipinski definition) is 1. The third kappa shape index (κ3) is 4.64. The Morgan fingerprint density at radius 3 is 2.32 bits per heavy atom. The monoisotopic (exact) mass is 440 g/mol. The summed E-state index contributed by atoms with van der Waals surface area (Å²) in [6.07, 6.45) is 1.91. The minimum atomic E-state index is -0.157. The van der Waals surface area contributed by atoms with Gasteiger partial charge in [-0.1, -0.05) is 66.9 Å². The van der Waals surface area contributed by atoms with Gasteiger partial charge in [0, 0.05) is 11.9 Å². The molecule has 7 heteroatoms. The summed E-state index contributed by atoms with van der Waals surface area (Å²) in [6, 6.07) is 13.1. The summed E-state index contributed by atoms with van der Waals surface area (Å²) >= 11 is 12.4. The lowest BCUT2D eigenvalue weighted by molar-refractivity contribution is 0.306. The number of pyridine rings is 1. The van der Waals surface area contributed by atoms with E-state index < -0.39 is 0 Å². The standard InChI is InChI=1S/C21H22Cl2N2O2.ClH/c1-2-3-9-27-20-15-10-17(22)18(23)11-16(15)21(26)25(19(20)12-24)13-14-7-5-4-6-8-14;/h4-8,10-11H,2-3,9,12-13,24H2,1H3;1H. The molecule has 3 aromatic rings. The van der Waals surface area contributed by atoms with Gasteiger partial charge in [-0.2, -0.15) is 0 Å². The van der Waals surface area contributed by atoms with E-state index in [0.29, 0.717) is 45.4 Å². The van der Waals surface area contributed by atoms with Crippen molar-refractivity contribution in [3.05, 3.63) is 74.1 Å². The molecule has 0 unspecified atom stereocenters. The highest BCUT2D eigenvalue weighted by Gasteiger charge is 2.19. The van der Waals surface area contributed by atoms with E-state index >= 15 is 0 Å². The molecule has 3 rings (SSSR count). The lowest BCUT2D eigenvalue weighted by Crippen LogP contribution is -2.27. The Bertz CT molecular complexity index is 1000. The van der Waals surface area contributed by atoms with Crippen LogP contribution in [0.5, 0.6) is 5.75 Å². The first kappa shape index (κ1) is 22.6. The lowest BCUT2D eigenvalue weighted by atomic mass is 10.1. The Hall–Kier alpha value is -1.72. The molecule has 28 heavy (non-hydrogen) atoms. The summed E-state index contributed by atoms with van der Waals surface area (Å²) in [4.78, 5) is 13.2. The third-order valence-corrected chi connectivity index (χ3v) is 5.21. The molecule has 0 atom stereocenters. The summed E-state index contributed by atoms with van der Waals surface area (Å²) in [5.74, 6) is 0.607. The maximum Gasteiger partial charge on any atom is 0.259 e. The summed E-state index contributed by atoms with van der Waals surface area (Å²) in [6.45, 7) is 3.23. The van der Waals surface area contributed by atoms with Crippen molar-refractivity contribution in [3.63, 3.8) is 0 Å². The molecule has 2 N–H and O–H groups in total. The number of ether oxygens (including phenoxy) is 1. The molecule has 0 amide bonds. The van der Waals surface area contributed by atoms with E-state index in [9.17, 15) is 4.79 Å². The van der Waals surface area contributed by atoms with Crippen LogP contribution in [0.4, 0.5) is 0 Å². The second-order valence-electron chi connectivity index (χ2n) is 6.37. The van der Waals surface area contributed by atoms with Crippen molar-refractivity contribution in [2.75, 3.05) is 6.61 Å². The highest BCUT2D eigenvalue weighted by atomic mass is 35.5. The maximum absolute atomic E-state index is 13.2. The summed E-state index contributed by atoms with van der Waals surface area (Å²) in [7, 11) is 0. The Labute approximate surface area is 180 Å². The molecule has 1 heterocycles. The lowest BCUT2D eigenvalue weighted by Gasteiger charge is -2.20. The molecular formula is C21H23Cl3N2O2. The van der Waals surface area contributed by atoms with Gasteiger partial charge in [-0.15, -0.1) is 12.4 Å². The van der Waals surface area contributed by atoms with Crippen LogP contribution >= 0.6 is 35.6 Å². The first-order valence-electron chi connectivity index (χ1n) is 8.98. The van der Waals surface area contributed by atoms with Gasteiger partial charge < -0.3 is 15.0 Å². The average Bonchev–Trinajstić information content (AvgIpc) is 2.68. The fourth-order valence-electron chi connectivity index (χ4n) is 3.07. The largest absolute Gasteiger partial charge is 0.491 e. The minimum absolute atomic E-state index is 0. The molecule has 2 aromatic carbocycles. The molecule has 0 bridgehead atoms. The molecule has 0 spiro atoms. The molecule has 0 saturated carbocycles. The topological polar surface area (TPSA) is 57.2 Å². The van der Waals surface area contributed by atoms with Crippen molar-refractivity contribution in [1.82, 2.24) is 4.57 Å². The Kier molecular flexibility index (Phi) is 8.20. The van der Waals surface area contributed by atoms with E-state index in [1.165, 1.54) is 0 Å². The van der Waals surface area contributed by atoms with Gasteiger partial charge in [0.2, 0.25) is 0 Å². The van der Waals surface area contributed by atoms with Crippen LogP contribution in [-0.2, 0) is 13.1 Å².